The molecule has 0 bridgehead atoms. The zero-order valence-corrected chi connectivity index (χ0v) is 30.5. The third kappa shape index (κ3) is 11.6. The monoisotopic (exact) mass is 669 g/mol. The number of carbonyl (C=O) groups excluding carboxylic acids is 3. The molecule has 0 spiro atoms. The van der Waals surface area contributed by atoms with Gasteiger partial charge in [0.05, 0.1) is 6.04 Å². The number of aliphatic hydroxyl groups excluding tert-OH is 2. The van der Waals surface area contributed by atoms with Gasteiger partial charge in [0.15, 0.2) is 0 Å². The minimum Gasteiger partial charge on any atom is -0.377 e. The molecule has 6 N–H and O–H groups in total. The van der Waals surface area contributed by atoms with Crippen molar-refractivity contribution < 1.29 is 24.6 Å². The van der Waals surface area contributed by atoms with Gasteiger partial charge in [0, 0.05) is 81.5 Å². The van der Waals surface area contributed by atoms with E-state index in [0.717, 1.165) is 22.5 Å². The van der Waals surface area contributed by atoms with E-state index in [9.17, 15) is 24.6 Å². The van der Waals surface area contributed by atoms with Gasteiger partial charge < -0.3 is 35.2 Å². The molecule has 0 radical (unpaired) electrons. The summed E-state index contributed by atoms with van der Waals surface area (Å²) in [5.74, 6) is -0.368. The smallest absolute Gasteiger partial charge is 0.246 e. The molecule has 48 heavy (non-hydrogen) atoms. The topological polar surface area (TPSA) is 151 Å². The first-order valence-corrected chi connectivity index (χ1v) is 16.5. The summed E-state index contributed by atoms with van der Waals surface area (Å²) in [6, 6.07) is 7.63. The predicted molar refractivity (Wildman–Crippen MR) is 192 cm³/mol. The highest BCUT2D eigenvalue weighted by Crippen LogP contribution is 2.34. The number of amides is 2. The highest BCUT2D eigenvalue weighted by Gasteiger charge is 2.39. The molecule has 0 saturated heterocycles. The van der Waals surface area contributed by atoms with Crippen LogP contribution in [0.4, 0.5) is 0 Å². The first kappa shape index (κ1) is 40.8. The number of aryl methyl sites for hydroxylation is 1. The van der Waals surface area contributed by atoms with Crippen LogP contribution in [0.5, 0.6) is 0 Å². The van der Waals surface area contributed by atoms with Crippen LogP contribution in [0.25, 0.3) is 10.9 Å². The molecule has 1 aromatic carbocycles. The molecule has 0 saturated carbocycles. The molecule has 268 valence electrons. The number of hydrogen-bond donors (Lipinski definition) is 6. The van der Waals surface area contributed by atoms with Crippen LogP contribution in [-0.4, -0.2) is 121 Å². The first-order chi connectivity index (χ1) is 22.4. The number of allylic oxidation sites excluding steroid dienone is 1. The average molecular weight is 670 g/mol. The third-order valence-electron chi connectivity index (χ3n) is 8.90. The van der Waals surface area contributed by atoms with Crippen molar-refractivity contribution in [2.24, 2.45) is 12.5 Å². The molecule has 0 aliphatic carbocycles. The van der Waals surface area contributed by atoms with Gasteiger partial charge in [0.25, 0.3) is 0 Å². The largest absolute Gasteiger partial charge is 0.377 e. The first-order valence-electron chi connectivity index (χ1n) is 16.5. The SMILES string of the molecule is CNC(C(=O)NC(CN(C)C/C=C(\C)C(O)NCC(O)NCCN(C)C(=O)/C=C\C=O)C(C)(C)C)C(C)(C)c1cn(C)c2ccccc12. The Morgan fingerprint density at radius 3 is 2.35 bits per heavy atom. The zero-order valence-electron chi connectivity index (χ0n) is 30.5. The zero-order chi connectivity index (χ0) is 36.2. The standard InChI is InChI=1S/C36H59N7O5/c1-25(33(47)39-22-30(45)38-18-20-42(9)31(46)16-13-21-44)17-19-41(8)24-29(35(2,3)4)40-34(48)32(37-7)36(5,6)27-23-43(10)28-15-12-11-14-26(27)28/h11-17,21,23,29-30,32-33,37-39,45,47H,18-20,22,24H2,1-10H3,(H,40,48)/b16-13-,25-17+. The van der Waals surface area contributed by atoms with Crippen LogP contribution >= 0.6 is 0 Å². The maximum atomic E-state index is 13.9. The van der Waals surface area contributed by atoms with Crippen LogP contribution in [0.1, 0.15) is 47.1 Å². The molecule has 2 amide bonds. The van der Waals surface area contributed by atoms with E-state index in [0.29, 0.717) is 38.0 Å². The van der Waals surface area contributed by atoms with Crippen molar-refractivity contribution in [3.8, 4) is 0 Å². The fourth-order valence-electron chi connectivity index (χ4n) is 5.63. The summed E-state index contributed by atoms with van der Waals surface area (Å²) >= 11 is 0. The summed E-state index contributed by atoms with van der Waals surface area (Å²) < 4.78 is 2.11. The van der Waals surface area contributed by atoms with E-state index in [-0.39, 0.29) is 29.8 Å². The maximum absolute atomic E-state index is 13.9. The molecule has 0 aliphatic rings. The van der Waals surface area contributed by atoms with Gasteiger partial charge in [-0.1, -0.05) is 58.9 Å². The summed E-state index contributed by atoms with van der Waals surface area (Å²) in [6.45, 7) is 14.3. The second-order valence-electron chi connectivity index (χ2n) is 14.2. The number of para-hydroxylation sites is 1. The summed E-state index contributed by atoms with van der Waals surface area (Å²) in [6.07, 6.45) is 5.00. The van der Waals surface area contributed by atoms with Crippen molar-refractivity contribution in [2.45, 2.75) is 71.5 Å². The van der Waals surface area contributed by atoms with E-state index in [1.807, 2.05) is 46.3 Å². The van der Waals surface area contributed by atoms with Gasteiger partial charge >= 0.3 is 0 Å². The van der Waals surface area contributed by atoms with Crippen molar-refractivity contribution in [3.05, 3.63) is 59.8 Å². The Labute approximate surface area is 286 Å². The lowest BCUT2D eigenvalue weighted by Crippen LogP contribution is -2.59. The molecule has 2 rings (SSSR count). The molecule has 0 fully saturated rings. The van der Waals surface area contributed by atoms with Crippen LogP contribution in [0.15, 0.2) is 54.3 Å². The van der Waals surface area contributed by atoms with E-state index in [2.05, 4.69) is 83.7 Å². The Morgan fingerprint density at radius 1 is 1.06 bits per heavy atom. The van der Waals surface area contributed by atoms with Gasteiger partial charge in [0.2, 0.25) is 11.8 Å². The number of hydrogen-bond acceptors (Lipinski definition) is 9. The quantitative estimate of drug-likeness (QED) is 0.0566. The molecule has 4 atom stereocenters. The van der Waals surface area contributed by atoms with Crippen LogP contribution in [0, 0.1) is 5.41 Å². The van der Waals surface area contributed by atoms with E-state index in [1.54, 1.807) is 7.05 Å². The van der Waals surface area contributed by atoms with Crippen molar-refractivity contribution in [2.75, 3.05) is 53.9 Å². The Morgan fingerprint density at radius 2 is 1.73 bits per heavy atom. The van der Waals surface area contributed by atoms with E-state index >= 15 is 0 Å². The van der Waals surface area contributed by atoms with Crippen molar-refractivity contribution >= 4 is 29.0 Å². The number of aliphatic hydroxyl groups is 2. The fourth-order valence-corrected chi connectivity index (χ4v) is 5.63. The number of likely N-dealkylation sites (N-methyl/N-ethyl adjacent to an activating group) is 3. The van der Waals surface area contributed by atoms with Gasteiger partial charge in [-0.15, -0.1) is 0 Å². The van der Waals surface area contributed by atoms with Crippen molar-refractivity contribution in [1.82, 2.24) is 35.6 Å². The number of nitrogens with one attached hydrogen (secondary N) is 4. The molecule has 1 heterocycles. The number of nitrogens with zero attached hydrogens (tertiary/aromatic N) is 3. The number of aromatic nitrogens is 1. The number of benzene rings is 1. The maximum Gasteiger partial charge on any atom is 0.246 e. The molecule has 12 heteroatoms. The van der Waals surface area contributed by atoms with E-state index in [4.69, 9.17) is 0 Å². The highest BCUT2D eigenvalue weighted by atomic mass is 16.3. The van der Waals surface area contributed by atoms with Crippen LogP contribution < -0.4 is 21.3 Å². The lowest BCUT2D eigenvalue weighted by molar-refractivity contribution is -0.126. The lowest BCUT2D eigenvalue weighted by atomic mass is 9.76. The molecule has 0 aliphatic heterocycles. The van der Waals surface area contributed by atoms with Gasteiger partial charge in [-0.05, 0) is 49.7 Å². The summed E-state index contributed by atoms with van der Waals surface area (Å²) in [5.41, 5.74) is 2.22. The number of carbonyl (C=O) groups is 3. The Balaban J connectivity index is 1.95. The summed E-state index contributed by atoms with van der Waals surface area (Å²) in [4.78, 5) is 39.6. The Bertz CT molecular complexity index is 1410. The lowest BCUT2D eigenvalue weighted by Gasteiger charge is -2.38. The van der Waals surface area contributed by atoms with Gasteiger partial charge in [-0.3, -0.25) is 25.0 Å². The van der Waals surface area contributed by atoms with Crippen molar-refractivity contribution in [3.63, 3.8) is 0 Å². The van der Waals surface area contributed by atoms with Crippen LogP contribution in [0.2, 0.25) is 0 Å². The van der Waals surface area contributed by atoms with E-state index in [1.165, 1.54) is 11.0 Å². The number of rotatable bonds is 19. The van der Waals surface area contributed by atoms with Gasteiger partial charge in [-0.2, -0.15) is 0 Å². The number of aldehydes is 1. The Hall–Kier alpha value is -3.39. The number of fused-ring (bicyclic) bond motifs is 1. The molecular formula is C36H59N7O5. The predicted octanol–water partition coefficient (Wildman–Crippen LogP) is 1.48. The minimum absolute atomic E-state index is 0.0600. The van der Waals surface area contributed by atoms with Gasteiger partial charge in [-0.25, -0.2) is 0 Å². The molecule has 1 aromatic heterocycles. The fraction of sp³-hybridized carbons (Fsp3) is 0.583. The minimum atomic E-state index is -0.960. The van der Waals surface area contributed by atoms with Crippen LogP contribution in [-0.2, 0) is 26.8 Å². The van der Waals surface area contributed by atoms with Crippen molar-refractivity contribution in [1.29, 1.82) is 0 Å². The normalized spacial score (nSPS) is 15.5. The summed E-state index contributed by atoms with van der Waals surface area (Å²) in [5, 5.41) is 34.4. The van der Waals surface area contributed by atoms with Crippen LogP contribution in [0.3, 0.4) is 0 Å². The Kier molecular flexibility index (Phi) is 15.6. The highest BCUT2D eigenvalue weighted by molar-refractivity contribution is 5.91. The second-order valence-corrected chi connectivity index (χ2v) is 14.2. The van der Waals surface area contributed by atoms with E-state index < -0.39 is 23.9 Å². The third-order valence-corrected chi connectivity index (χ3v) is 8.90. The average Bonchev–Trinajstić information content (AvgIpc) is 3.37. The molecule has 4 unspecified atom stereocenters. The van der Waals surface area contributed by atoms with Gasteiger partial charge in [0.1, 0.15) is 18.7 Å². The molecular weight excluding hydrogens is 610 g/mol. The second kappa shape index (κ2) is 18.4. The summed E-state index contributed by atoms with van der Waals surface area (Å²) in [7, 11) is 7.44. The molecule has 2 aromatic rings. The molecule has 12 nitrogen and oxygen atoms in total.